The number of para-hydroxylation sites is 1. The molecule has 0 bridgehead atoms. The third-order valence-corrected chi connectivity index (χ3v) is 3.88. The van der Waals surface area contributed by atoms with Crippen LogP contribution in [0.3, 0.4) is 0 Å². The molecule has 3 rings (SSSR count). The van der Waals surface area contributed by atoms with Crippen LogP contribution in [0.25, 0.3) is 16.8 Å². The van der Waals surface area contributed by atoms with Gasteiger partial charge in [0.1, 0.15) is 5.56 Å². The van der Waals surface area contributed by atoms with Gasteiger partial charge in [0.25, 0.3) is 17.5 Å². The molecule has 0 fully saturated rings. The zero-order valence-corrected chi connectivity index (χ0v) is 14.1. The minimum atomic E-state index is -0.769. The molecule has 7 nitrogen and oxygen atoms in total. The number of nitrogens with one attached hydrogen (secondary N) is 2. The lowest BCUT2D eigenvalue weighted by Gasteiger charge is -2.06. The fourth-order valence-corrected chi connectivity index (χ4v) is 2.61. The third kappa shape index (κ3) is 4.16. The highest BCUT2D eigenvalue weighted by atomic mass is 16.6. The molecule has 134 valence electrons. The second-order valence-electron chi connectivity index (χ2n) is 5.62. The van der Waals surface area contributed by atoms with Crippen molar-refractivity contribution in [3.05, 3.63) is 94.0 Å². The Morgan fingerprint density at radius 3 is 2.41 bits per heavy atom. The number of rotatable bonds is 4. The highest BCUT2D eigenvalue weighted by Crippen LogP contribution is 2.19. The van der Waals surface area contributed by atoms with Crippen molar-refractivity contribution >= 4 is 34.4 Å². The summed E-state index contributed by atoms with van der Waals surface area (Å²) in [4.78, 5) is 34.3. The molecule has 3 aromatic carbocycles. The Morgan fingerprint density at radius 2 is 1.59 bits per heavy atom. The molecule has 0 aliphatic rings. The second kappa shape index (κ2) is 7.92. The molecule has 0 unspecified atom stereocenters. The summed E-state index contributed by atoms with van der Waals surface area (Å²) in [6.07, 6.45) is 2.91. The third-order valence-electron chi connectivity index (χ3n) is 3.88. The number of fused-ring (bicyclic) bond motifs is 1. The van der Waals surface area contributed by atoms with Crippen LogP contribution in [0.2, 0.25) is 0 Å². The van der Waals surface area contributed by atoms with Crippen LogP contribution in [-0.4, -0.2) is 16.7 Å². The molecule has 0 aromatic heterocycles. The van der Waals surface area contributed by atoms with Gasteiger partial charge in [-0.15, -0.1) is 0 Å². The van der Waals surface area contributed by atoms with E-state index in [1.54, 1.807) is 6.08 Å². The van der Waals surface area contributed by atoms with Gasteiger partial charge in [-0.25, -0.2) is 0 Å². The van der Waals surface area contributed by atoms with E-state index < -0.39 is 16.7 Å². The monoisotopic (exact) mass is 361 g/mol. The number of carbonyl (C=O) groups excluding carboxylic acids is 2. The van der Waals surface area contributed by atoms with Crippen molar-refractivity contribution in [2.45, 2.75) is 0 Å². The first kappa shape index (κ1) is 17.8. The van der Waals surface area contributed by atoms with Crippen LogP contribution in [0.4, 0.5) is 5.69 Å². The molecule has 0 saturated heterocycles. The molecule has 0 radical (unpaired) electrons. The number of carbonyl (C=O) groups is 2. The van der Waals surface area contributed by atoms with Crippen LogP contribution in [-0.2, 0) is 4.79 Å². The molecule has 27 heavy (non-hydrogen) atoms. The molecular weight excluding hydrogens is 346 g/mol. The number of nitro groups is 1. The van der Waals surface area contributed by atoms with Gasteiger partial charge in [-0.2, -0.15) is 0 Å². The zero-order valence-electron chi connectivity index (χ0n) is 14.1. The summed E-state index contributed by atoms with van der Waals surface area (Å²) in [6, 6.07) is 19.0. The molecule has 0 heterocycles. The summed E-state index contributed by atoms with van der Waals surface area (Å²) < 4.78 is 0. The van der Waals surface area contributed by atoms with Crippen LogP contribution < -0.4 is 10.9 Å². The van der Waals surface area contributed by atoms with E-state index in [4.69, 9.17) is 0 Å². The van der Waals surface area contributed by atoms with Crippen LogP contribution in [0.5, 0.6) is 0 Å². The van der Waals surface area contributed by atoms with E-state index in [-0.39, 0.29) is 11.3 Å². The first-order valence-electron chi connectivity index (χ1n) is 8.06. The molecule has 0 saturated carbocycles. The number of nitro benzene ring substituents is 1. The van der Waals surface area contributed by atoms with E-state index in [0.717, 1.165) is 16.3 Å². The highest BCUT2D eigenvalue weighted by Gasteiger charge is 2.19. The van der Waals surface area contributed by atoms with Gasteiger partial charge in [0, 0.05) is 12.1 Å². The molecule has 7 heteroatoms. The van der Waals surface area contributed by atoms with E-state index in [1.165, 1.54) is 30.3 Å². The smallest absolute Gasteiger partial charge is 0.268 e. The molecular formula is C20H15N3O4. The SMILES string of the molecule is O=C(/C=C/c1cccc2ccccc12)NNC(=O)c1ccccc1[N+](=O)[O-]. The quantitative estimate of drug-likeness (QED) is 0.423. The van der Waals surface area contributed by atoms with Crippen LogP contribution in [0.15, 0.2) is 72.8 Å². The van der Waals surface area contributed by atoms with E-state index >= 15 is 0 Å². The number of amides is 2. The summed E-state index contributed by atoms with van der Waals surface area (Å²) in [5.41, 5.74) is 4.77. The molecule has 2 N–H and O–H groups in total. The zero-order chi connectivity index (χ0) is 19.2. The largest absolute Gasteiger partial charge is 0.282 e. The van der Waals surface area contributed by atoms with Crippen molar-refractivity contribution in [1.82, 2.24) is 10.9 Å². The summed E-state index contributed by atoms with van der Waals surface area (Å²) in [7, 11) is 0. The lowest BCUT2D eigenvalue weighted by Crippen LogP contribution is -2.40. The van der Waals surface area contributed by atoms with Crippen molar-refractivity contribution in [2.24, 2.45) is 0 Å². The van der Waals surface area contributed by atoms with Crippen LogP contribution in [0.1, 0.15) is 15.9 Å². The Labute approximate surface area is 154 Å². The molecule has 0 spiro atoms. The van der Waals surface area contributed by atoms with Gasteiger partial charge < -0.3 is 0 Å². The van der Waals surface area contributed by atoms with Crippen molar-refractivity contribution in [1.29, 1.82) is 0 Å². The maximum Gasteiger partial charge on any atom is 0.282 e. The lowest BCUT2D eigenvalue weighted by molar-refractivity contribution is -0.385. The molecule has 0 atom stereocenters. The van der Waals surface area contributed by atoms with Crippen molar-refractivity contribution in [2.75, 3.05) is 0 Å². The Morgan fingerprint density at radius 1 is 0.889 bits per heavy atom. The molecule has 0 aliphatic heterocycles. The highest BCUT2D eigenvalue weighted by molar-refractivity contribution is 6.01. The van der Waals surface area contributed by atoms with Gasteiger partial charge in [-0.05, 0) is 28.5 Å². The molecule has 3 aromatic rings. The Kier molecular flexibility index (Phi) is 5.22. The van der Waals surface area contributed by atoms with Gasteiger partial charge in [0.05, 0.1) is 4.92 Å². The maximum absolute atomic E-state index is 12.1. The fourth-order valence-electron chi connectivity index (χ4n) is 2.61. The number of nitrogens with zero attached hydrogens (tertiary/aromatic N) is 1. The summed E-state index contributed by atoms with van der Waals surface area (Å²) in [5, 5.41) is 13.0. The van der Waals surface area contributed by atoms with Gasteiger partial charge in [-0.1, -0.05) is 54.6 Å². The molecule has 0 aliphatic carbocycles. The minimum absolute atomic E-state index is 0.138. The van der Waals surface area contributed by atoms with Gasteiger partial charge in [0.2, 0.25) is 0 Å². The number of hydrazine groups is 1. The normalized spacial score (nSPS) is 10.7. The van der Waals surface area contributed by atoms with Crippen molar-refractivity contribution in [3.8, 4) is 0 Å². The molecule has 2 amide bonds. The summed E-state index contributed by atoms with van der Waals surface area (Å²) >= 11 is 0. The minimum Gasteiger partial charge on any atom is -0.268 e. The van der Waals surface area contributed by atoms with Crippen molar-refractivity contribution in [3.63, 3.8) is 0 Å². The standard InChI is InChI=1S/C20H15N3O4/c24-19(13-12-15-8-5-7-14-6-1-2-9-16(14)15)21-22-20(25)17-10-3-4-11-18(17)23(26)27/h1-13H,(H,21,24)(H,22,25)/b13-12+. The Bertz CT molecular complexity index is 1050. The summed E-state index contributed by atoms with van der Waals surface area (Å²) in [5.74, 6) is -1.33. The first-order valence-corrected chi connectivity index (χ1v) is 8.06. The van der Waals surface area contributed by atoms with Gasteiger partial charge >= 0.3 is 0 Å². The topological polar surface area (TPSA) is 101 Å². The maximum atomic E-state index is 12.1. The average molecular weight is 361 g/mol. The number of hydrogen-bond donors (Lipinski definition) is 2. The van der Waals surface area contributed by atoms with Crippen LogP contribution >= 0.6 is 0 Å². The van der Waals surface area contributed by atoms with E-state index in [1.807, 2.05) is 42.5 Å². The number of benzene rings is 3. The Hall–Kier alpha value is -4.00. The van der Waals surface area contributed by atoms with Crippen LogP contribution in [0, 0.1) is 10.1 Å². The lowest BCUT2D eigenvalue weighted by atomic mass is 10.0. The number of hydrogen-bond acceptors (Lipinski definition) is 4. The van der Waals surface area contributed by atoms with Crippen molar-refractivity contribution < 1.29 is 14.5 Å². The van der Waals surface area contributed by atoms with E-state index in [9.17, 15) is 19.7 Å². The predicted octanol–water partition coefficient (Wildman–Crippen LogP) is 3.22. The Balaban J connectivity index is 1.67. The van der Waals surface area contributed by atoms with Gasteiger partial charge in [0.15, 0.2) is 0 Å². The average Bonchev–Trinajstić information content (AvgIpc) is 2.70. The summed E-state index contributed by atoms with van der Waals surface area (Å²) in [6.45, 7) is 0. The van der Waals surface area contributed by atoms with Gasteiger partial charge in [-0.3, -0.25) is 30.6 Å². The fraction of sp³-hybridized carbons (Fsp3) is 0. The second-order valence-corrected chi connectivity index (χ2v) is 5.62. The predicted molar refractivity (Wildman–Crippen MR) is 102 cm³/mol. The van der Waals surface area contributed by atoms with E-state index in [2.05, 4.69) is 10.9 Å². The van der Waals surface area contributed by atoms with E-state index in [0.29, 0.717) is 0 Å². The first-order chi connectivity index (χ1) is 13.1.